The van der Waals surface area contributed by atoms with E-state index < -0.39 is 0 Å². The molecule has 0 aliphatic heterocycles. The first kappa shape index (κ1) is 13.2. The summed E-state index contributed by atoms with van der Waals surface area (Å²) in [6.07, 6.45) is 1.79. The molecule has 1 N–H and O–H groups in total. The fourth-order valence-corrected chi connectivity index (χ4v) is 1.86. The second-order valence-electron chi connectivity index (χ2n) is 4.17. The summed E-state index contributed by atoms with van der Waals surface area (Å²) in [7, 11) is 3.30. The van der Waals surface area contributed by atoms with E-state index in [1.807, 2.05) is 37.3 Å². The molecule has 2 aromatic rings. The topological polar surface area (TPSA) is 43.4 Å². The molecule has 0 spiro atoms. The molecular weight excluding hydrogens is 240 g/mol. The number of pyridine rings is 1. The van der Waals surface area contributed by atoms with Crippen molar-refractivity contribution in [3.63, 3.8) is 0 Å². The van der Waals surface area contributed by atoms with E-state index in [0.29, 0.717) is 6.54 Å². The normalized spacial score (nSPS) is 10.1. The standard InChI is InChI=1S/C15H18N2O2/c1-11-14(5-4-8-16-11)17-10-12-6-7-13(18-2)9-15(12)19-3/h4-9,17H,10H2,1-3H3. The molecule has 100 valence electrons. The highest BCUT2D eigenvalue weighted by Crippen LogP contribution is 2.25. The first-order valence-electron chi connectivity index (χ1n) is 6.11. The van der Waals surface area contributed by atoms with Crippen molar-refractivity contribution in [3.05, 3.63) is 47.8 Å². The fraction of sp³-hybridized carbons (Fsp3) is 0.267. The molecule has 0 atom stereocenters. The molecule has 4 nitrogen and oxygen atoms in total. The van der Waals surface area contributed by atoms with Crippen LogP contribution in [0.5, 0.6) is 11.5 Å². The van der Waals surface area contributed by atoms with E-state index in [1.165, 1.54) is 0 Å². The minimum atomic E-state index is 0.680. The molecular formula is C15H18N2O2. The largest absolute Gasteiger partial charge is 0.497 e. The molecule has 19 heavy (non-hydrogen) atoms. The lowest BCUT2D eigenvalue weighted by Gasteiger charge is -2.12. The van der Waals surface area contributed by atoms with Gasteiger partial charge in [-0.15, -0.1) is 0 Å². The highest BCUT2D eigenvalue weighted by molar-refractivity contribution is 5.49. The predicted molar refractivity (Wildman–Crippen MR) is 75.8 cm³/mol. The molecule has 1 aromatic carbocycles. The van der Waals surface area contributed by atoms with Gasteiger partial charge in [0.1, 0.15) is 11.5 Å². The van der Waals surface area contributed by atoms with Crippen molar-refractivity contribution in [2.24, 2.45) is 0 Å². The summed E-state index contributed by atoms with van der Waals surface area (Å²) in [6, 6.07) is 9.73. The Labute approximate surface area is 113 Å². The van der Waals surface area contributed by atoms with Gasteiger partial charge in [-0.2, -0.15) is 0 Å². The predicted octanol–water partition coefficient (Wildman–Crippen LogP) is 3.02. The Morgan fingerprint density at radius 1 is 1.16 bits per heavy atom. The molecule has 1 heterocycles. The number of aryl methyl sites for hydroxylation is 1. The van der Waals surface area contributed by atoms with E-state index >= 15 is 0 Å². The van der Waals surface area contributed by atoms with E-state index in [4.69, 9.17) is 9.47 Å². The molecule has 0 saturated carbocycles. The van der Waals surface area contributed by atoms with Crippen LogP contribution in [0.3, 0.4) is 0 Å². The molecule has 0 amide bonds. The molecule has 0 fully saturated rings. The average molecular weight is 258 g/mol. The lowest BCUT2D eigenvalue weighted by Crippen LogP contribution is -2.03. The van der Waals surface area contributed by atoms with Gasteiger partial charge in [0.25, 0.3) is 0 Å². The summed E-state index contributed by atoms with van der Waals surface area (Å²) in [5.41, 5.74) is 3.09. The quantitative estimate of drug-likeness (QED) is 0.895. The van der Waals surface area contributed by atoms with Crippen LogP contribution in [0.1, 0.15) is 11.3 Å². The van der Waals surface area contributed by atoms with Crippen LogP contribution in [0.15, 0.2) is 36.5 Å². The van der Waals surface area contributed by atoms with Crippen molar-refractivity contribution < 1.29 is 9.47 Å². The van der Waals surface area contributed by atoms with Crippen LogP contribution in [-0.4, -0.2) is 19.2 Å². The Hall–Kier alpha value is -2.23. The van der Waals surface area contributed by atoms with Crippen molar-refractivity contribution in [2.45, 2.75) is 13.5 Å². The number of hydrogen-bond donors (Lipinski definition) is 1. The number of ether oxygens (including phenoxy) is 2. The number of hydrogen-bond acceptors (Lipinski definition) is 4. The van der Waals surface area contributed by atoms with E-state index in [1.54, 1.807) is 20.4 Å². The van der Waals surface area contributed by atoms with Crippen LogP contribution in [0.25, 0.3) is 0 Å². The highest BCUT2D eigenvalue weighted by atomic mass is 16.5. The lowest BCUT2D eigenvalue weighted by atomic mass is 10.2. The second kappa shape index (κ2) is 6.09. The Bertz CT molecular complexity index is 556. The van der Waals surface area contributed by atoms with Crippen molar-refractivity contribution in [3.8, 4) is 11.5 Å². The second-order valence-corrected chi connectivity index (χ2v) is 4.17. The smallest absolute Gasteiger partial charge is 0.127 e. The third-order valence-corrected chi connectivity index (χ3v) is 2.97. The zero-order valence-electron chi connectivity index (χ0n) is 11.4. The van der Waals surface area contributed by atoms with Gasteiger partial charge in [-0.3, -0.25) is 4.98 Å². The molecule has 0 aliphatic rings. The molecule has 0 aliphatic carbocycles. The maximum absolute atomic E-state index is 5.37. The third-order valence-electron chi connectivity index (χ3n) is 2.97. The van der Waals surface area contributed by atoms with Gasteiger partial charge in [0.15, 0.2) is 0 Å². The summed E-state index contributed by atoms with van der Waals surface area (Å²) in [5, 5.41) is 3.36. The third kappa shape index (κ3) is 3.16. The van der Waals surface area contributed by atoms with E-state index in [2.05, 4.69) is 10.3 Å². The number of nitrogens with one attached hydrogen (secondary N) is 1. The minimum absolute atomic E-state index is 0.680. The van der Waals surface area contributed by atoms with Crippen LogP contribution >= 0.6 is 0 Å². The van der Waals surface area contributed by atoms with Gasteiger partial charge >= 0.3 is 0 Å². The van der Waals surface area contributed by atoms with Gasteiger partial charge in [0.05, 0.1) is 25.6 Å². The molecule has 0 bridgehead atoms. The molecule has 2 rings (SSSR count). The Kier molecular flexibility index (Phi) is 4.23. The van der Waals surface area contributed by atoms with Crippen LogP contribution in [0.2, 0.25) is 0 Å². The zero-order valence-corrected chi connectivity index (χ0v) is 11.4. The zero-order chi connectivity index (χ0) is 13.7. The monoisotopic (exact) mass is 258 g/mol. The first-order valence-corrected chi connectivity index (χ1v) is 6.11. The number of nitrogens with zero attached hydrogens (tertiary/aromatic N) is 1. The fourth-order valence-electron chi connectivity index (χ4n) is 1.86. The van der Waals surface area contributed by atoms with E-state index in [9.17, 15) is 0 Å². The Balaban J connectivity index is 2.13. The number of methoxy groups -OCH3 is 2. The number of aromatic nitrogens is 1. The van der Waals surface area contributed by atoms with Crippen LogP contribution in [0.4, 0.5) is 5.69 Å². The number of rotatable bonds is 5. The maximum Gasteiger partial charge on any atom is 0.127 e. The summed E-state index contributed by atoms with van der Waals surface area (Å²) >= 11 is 0. The molecule has 1 aromatic heterocycles. The van der Waals surface area contributed by atoms with Crippen molar-refractivity contribution >= 4 is 5.69 Å². The van der Waals surface area contributed by atoms with Crippen LogP contribution < -0.4 is 14.8 Å². The lowest BCUT2D eigenvalue weighted by molar-refractivity contribution is 0.391. The van der Waals surface area contributed by atoms with Gasteiger partial charge in [-0.25, -0.2) is 0 Å². The average Bonchev–Trinajstić information content (AvgIpc) is 2.46. The van der Waals surface area contributed by atoms with Crippen molar-refractivity contribution in [1.82, 2.24) is 4.98 Å². The van der Waals surface area contributed by atoms with Gasteiger partial charge in [-0.05, 0) is 31.2 Å². The minimum Gasteiger partial charge on any atom is -0.497 e. The first-order chi connectivity index (χ1) is 9.24. The van der Waals surface area contributed by atoms with Gasteiger partial charge in [0.2, 0.25) is 0 Å². The van der Waals surface area contributed by atoms with E-state index in [-0.39, 0.29) is 0 Å². The Morgan fingerprint density at radius 2 is 2.00 bits per heavy atom. The number of anilines is 1. The molecule has 0 radical (unpaired) electrons. The highest BCUT2D eigenvalue weighted by Gasteiger charge is 2.05. The summed E-state index contributed by atoms with van der Waals surface area (Å²) in [6.45, 7) is 2.66. The Morgan fingerprint density at radius 3 is 2.68 bits per heavy atom. The van der Waals surface area contributed by atoms with Gasteiger partial charge in [-0.1, -0.05) is 0 Å². The summed E-state index contributed by atoms with van der Waals surface area (Å²) in [4.78, 5) is 4.25. The van der Waals surface area contributed by atoms with Crippen LogP contribution in [0, 0.1) is 6.92 Å². The van der Waals surface area contributed by atoms with Gasteiger partial charge < -0.3 is 14.8 Å². The van der Waals surface area contributed by atoms with Crippen LogP contribution in [-0.2, 0) is 6.54 Å². The summed E-state index contributed by atoms with van der Waals surface area (Å²) < 4.78 is 10.6. The SMILES string of the molecule is COc1ccc(CNc2cccnc2C)c(OC)c1. The number of benzene rings is 1. The molecule has 0 saturated heterocycles. The van der Waals surface area contributed by atoms with Gasteiger partial charge in [0, 0.05) is 24.4 Å². The maximum atomic E-state index is 5.37. The van der Waals surface area contributed by atoms with E-state index in [0.717, 1.165) is 28.4 Å². The molecule has 4 heteroatoms. The molecule has 0 unspecified atom stereocenters. The van der Waals surface area contributed by atoms with Crippen molar-refractivity contribution in [2.75, 3.05) is 19.5 Å². The summed E-state index contributed by atoms with van der Waals surface area (Å²) in [5.74, 6) is 1.60. The van der Waals surface area contributed by atoms with Crippen molar-refractivity contribution in [1.29, 1.82) is 0 Å².